The van der Waals surface area contributed by atoms with Gasteiger partial charge >= 0.3 is 12.1 Å². The summed E-state index contributed by atoms with van der Waals surface area (Å²) in [7, 11) is 0. The normalized spacial score (nSPS) is 16.6. The topological polar surface area (TPSA) is 41.6 Å². The van der Waals surface area contributed by atoms with Crippen LogP contribution in [0.4, 0.5) is 24.5 Å². The summed E-state index contributed by atoms with van der Waals surface area (Å²) in [4.78, 5) is 14.2. The number of esters is 1. The van der Waals surface area contributed by atoms with Gasteiger partial charge in [0.05, 0.1) is 29.1 Å². The molecular formula is C24H23F3N2O2. The molecule has 0 spiro atoms. The first-order valence-corrected chi connectivity index (χ1v) is 10.3. The molecule has 0 atom stereocenters. The van der Waals surface area contributed by atoms with Crippen molar-refractivity contribution in [3.05, 3.63) is 70.6 Å². The molecule has 4 rings (SSSR count). The average molecular weight is 428 g/mol. The van der Waals surface area contributed by atoms with E-state index in [2.05, 4.69) is 11.0 Å². The van der Waals surface area contributed by atoms with Crippen LogP contribution in [0.15, 0.2) is 53.9 Å². The van der Waals surface area contributed by atoms with Crippen molar-refractivity contribution < 1.29 is 22.7 Å². The lowest BCUT2D eigenvalue weighted by atomic mass is 9.90. The summed E-state index contributed by atoms with van der Waals surface area (Å²) in [5, 5.41) is 3.33. The Kier molecular flexibility index (Phi) is 5.90. The zero-order valence-corrected chi connectivity index (χ0v) is 17.1. The van der Waals surface area contributed by atoms with E-state index in [0.717, 1.165) is 43.8 Å². The number of hydrogen-bond donors (Lipinski definition) is 1. The molecule has 0 amide bonds. The number of nitrogens with one attached hydrogen (secondary N) is 1. The van der Waals surface area contributed by atoms with Gasteiger partial charge in [0, 0.05) is 17.2 Å². The minimum Gasteiger partial charge on any atom is -0.462 e. The number of carbonyl (C=O) groups is 1. The van der Waals surface area contributed by atoms with Crippen molar-refractivity contribution in [1.82, 2.24) is 5.32 Å². The highest BCUT2D eigenvalue weighted by Crippen LogP contribution is 2.42. The third-order valence-corrected chi connectivity index (χ3v) is 5.55. The van der Waals surface area contributed by atoms with Crippen LogP contribution in [-0.2, 0) is 10.9 Å². The minimum absolute atomic E-state index is 0.208. The fraction of sp³-hybridized carbons (Fsp3) is 0.333. The SMILES string of the molecule is CCOC(=O)c1cccc(N2C(C3CCNCC3)=C=Cc3cc(C(F)(F)F)ccc32)c1. The molecule has 0 aliphatic carbocycles. The number of carbonyl (C=O) groups excluding carboxylic acids is 1. The molecule has 0 saturated carbocycles. The third-order valence-electron chi connectivity index (χ3n) is 5.55. The lowest BCUT2D eigenvalue weighted by Gasteiger charge is -2.36. The van der Waals surface area contributed by atoms with Crippen LogP contribution in [0.25, 0.3) is 6.08 Å². The van der Waals surface area contributed by atoms with Gasteiger partial charge in [0.2, 0.25) is 0 Å². The van der Waals surface area contributed by atoms with Gasteiger partial charge < -0.3 is 15.0 Å². The first kappa shape index (κ1) is 21.2. The van der Waals surface area contributed by atoms with Crippen LogP contribution in [0.1, 0.15) is 41.3 Å². The van der Waals surface area contributed by atoms with Crippen molar-refractivity contribution in [1.29, 1.82) is 0 Å². The van der Waals surface area contributed by atoms with Gasteiger partial charge in [-0.15, -0.1) is 0 Å². The van der Waals surface area contributed by atoms with E-state index in [1.807, 2.05) is 11.0 Å². The maximum absolute atomic E-state index is 13.2. The van der Waals surface area contributed by atoms with Gasteiger partial charge in [-0.05, 0) is 75.3 Å². The van der Waals surface area contributed by atoms with Crippen LogP contribution < -0.4 is 10.2 Å². The maximum Gasteiger partial charge on any atom is 0.416 e. The molecule has 2 aliphatic heterocycles. The summed E-state index contributed by atoms with van der Waals surface area (Å²) in [5.41, 5.74) is 5.62. The molecule has 7 heteroatoms. The van der Waals surface area contributed by atoms with Gasteiger partial charge in [0.15, 0.2) is 0 Å². The molecule has 162 valence electrons. The number of hydrogen-bond acceptors (Lipinski definition) is 4. The van der Waals surface area contributed by atoms with Gasteiger partial charge in [-0.2, -0.15) is 13.2 Å². The number of fused-ring (bicyclic) bond motifs is 1. The van der Waals surface area contributed by atoms with Crippen molar-refractivity contribution >= 4 is 23.4 Å². The number of alkyl halides is 3. The Labute approximate surface area is 179 Å². The Bertz CT molecular complexity index is 1050. The first-order valence-electron chi connectivity index (χ1n) is 10.3. The van der Waals surface area contributed by atoms with E-state index in [4.69, 9.17) is 4.74 Å². The molecule has 1 fully saturated rings. The molecular weight excluding hydrogens is 405 g/mol. The maximum atomic E-state index is 13.2. The van der Waals surface area contributed by atoms with Gasteiger partial charge in [-0.3, -0.25) is 0 Å². The largest absolute Gasteiger partial charge is 0.462 e. The van der Waals surface area contributed by atoms with Crippen LogP contribution in [0.2, 0.25) is 0 Å². The van der Waals surface area contributed by atoms with E-state index in [1.54, 1.807) is 31.2 Å². The second-order valence-electron chi connectivity index (χ2n) is 7.58. The predicted octanol–water partition coefficient (Wildman–Crippen LogP) is 5.53. The molecule has 2 aromatic rings. The van der Waals surface area contributed by atoms with E-state index in [9.17, 15) is 18.0 Å². The zero-order chi connectivity index (χ0) is 22.0. The predicted molar refractivity (Wildman–Crippen MR) is 113 cm³/mol. The first-order chi connectivity index (χ1) is 14.9. The Morgan fingerprint density at radius 1 is 1.19 bits per heavy atom. The van der Waals surface area contributed by atoms with Gasteiger partial charge in [-0.25, -0.2) is 4.79 Å². The van der Waals surface area contributed by atoms with E-state index >= 15 is 0 Å². The highest BCUT2D eigenvalue weighted by Gasteiger charge is 2.33. The third kappa shape index (κ3) is 4.38. The number of rotatable bonds is 4. The minimum atomic E-state index is -4.42. The molecule has 2 aromatic carbocycles. The molecule has 1 N–H and O–H groups in total. The average Bonchev–Trinajstić information content (AvgIpc) is 2.78. The quantitative estimate of drug-likeness (QED) is 0.514. The molecule has 0 aromatic heterocycles. The summed E-state index contributed by atoms with van der Waals surface area (Å²) in [6.07, 6.45) is -0.982. The monoisotopic (exact) mass is 428 g/mol. The molecule has 2 heterocycles. The molecule has 31 heavy (non-hydrogen) atoms. The van der Waals surface area contributed by atoms with Gasteiger partial charge in [-0.1, -0.05) is 11.8 Å². The Morgan fingerprint density at radius 2 is 1.97 bits per heavy atom. The highest BCUT2D eigenvalue weighted by molar-refractivity contribution is 5.91. The fourth-order valence-electron chi connectivity index (χ4n) is 4.06. The van der Waals surface area contributed by atoms with Crippen molar-refractivity contribution in [2.45, 2.75) is 25.9 Å². The fourth-order valence-corrected chi connectivity index (χ4v) is 4.06. The van der Waals surface area contributed by atoms with Crippen molar-refractivity contribution in [3.8, 4) is 0 Å². The molecule has 2 aliphatic rings. The number of allylic oxidation sites excluding steroid dienone is 1. The van der Waals surface area contributed by atoms with E-state index in [-0.39, 0.29) is 12.5 Å². The van der Waals surface area contributed by atoms with Crippen molar-refractivity contribution in [2.24, 2.45) is 5.92 Å². The summed E-state index contributed by atoms with van der Waals surface area (Å²) in [5.74, 6) is -0.226. The van der Waals surface area contributed by atoms with Gasteiger partial charge in [0.25, 0.3) is 0 Å². The number of ether oxygens (including phenoxy) is 1. The smallest absolute Gasteiger partial charge is 0.416 e. The second-order valence-corrected chi connectivity index (χ2v) is 7.58. The van der Waals surface area contributed by atoms with Gasteiger partial charge in [0.1, 0.15) is 0 Å². The Hall–Kier alpha value is -3.02. The van der Waals surface area contributed by atoms with Crippen molar-refractivity contribution in [2.75, 3.05) is 24.6 Å². The zero-order valence-electron chi connectivity index (χ0n) is 17.1. The molecule has 0 unspecified atom stereocenters. The number of halogens is 3. The molecule has 1 saturated heterocycles. The lowest BCUT2D eigenvalue weighted by Crippen LogP contribution is -2.33. The molecule has 0 bridgehead atoms. The number of benzene rings is 2. The summed E-state index contributed by atoms with van der Waals surface area (Å²) < 4.78 is 44.9. The number of anilines is 2. The van der Waals surface area contributed by atoms with Crippen LogP contribution >= 0.6 is 0 Å². The number of nitrogens with zero attached hydrogens (tertiary/aromatic N) is 1. The standard InChI is InChI=1S/C24H23F3N2O2/c1-2-31-23(30)18-4-3-5-20(15-18)29-21(16-10-12-28-13-11-16)8-6-17-14-19(24(25,26)27)7-9-22(17)29/h3-7,9,14-16,28H,2,10-13H2,1H3. The van der Waals surface area contributed by atoms with Crippen LogP contribution in [-0.4, -0.2) is 25.7 Å². The summed E-state index contributed by atoms with van der Waals surface area (Å²) >= 11 is 0. The summed E-state index contributed by atoms with van der Waals surface area (Å²) in [6.45, 7) is 3.74. The Balaban J connectivity index is 1.82. The Morgan fingerprint density at radius 3 is 2.68 bits per heavy atom. The van der Waals surface area contributed by atoms with E-state index in [1.165, 1.54) is 6.07 Å². The number of piperidine rings is 1. The summed E-state index contributed by atoms with van der Waals surface area (Å²) in [6, 6.07) is 10.7. The van der Waals surface area contributed by atoms with Crippen LogP contribution in [0.5, 0.6) is 0 Å². The molecule has 4 nitrogen and oxygen atoms in total. The lowest BCUT2D eigenvalue weighted by molar-refractivity contribution is -0.137. The highest BCUT2D eigenvalue weighted by atomic mass is 19.4. The van der Waals surface area contributed by atoms with E-state index < -0.39 is 17.7 Å². The second kappa shape index (κ2) is 8.61. The van der Waals surface area contributed by atoms with Crippen LogP contribution in [0, 0.1) is 5.92 Å². The molecule has 0 radical (unpaired) electrons. The van der Waals surface area contributed by atoms with Crippen molar-refractivity contribution in [3.63, 3.8) is 0 Å². The van der Waals surface area contributed by atoms with E-state index in [0.29, 0.717) is 22.5 Å². The van der Waals surface area contributed by atoms with Crippen LogP contribution in [0.3, 0.4) is 0 Å².